The van der Waals surface area contributed by atoms with Crippen LogP contribution in [0.5, 0.6) is 0 Å². The summed E-state index contributed by atoms with van der Waals surface area (Å²) in [5.74, 6) is 1.09. The van der Waals surface area contributed by atoms with Crippen molar-refractivity contribution in [3.63, 3.8) is 0 Å². The Balaban J connectivity index is 0.00000119. The number of anilines is 1. The number of pyridine rings is 2. The van der Waals surface area contributed by atoms with E-state index in [-0.39, 0.29) is 16.4 Å². The molecule has 0 fully saturated rings. The molecule has 0 N–H and O–H groups in total. The molecule has 0 saturated heterocycles. The van der Waals surface area contributed by atoms with Gasteiger partial charge >= 0.3 is 0 Å². The predicted molar refractivity (Wildman–Crippen MR) is 139 cm³/mol. The summed E-state index contributed by atoms with van der Waals surface area (Å²) in [6, 6.07) is 19.5. The van der Waals surface area contributed by atoms with Crippen LogP contribution in [0, 0.1) is 0 Å². The number of fused-ring (bicyclic) bond motifs is 2. The quantitative estimate of drug-likeness (QED) is 0.469. The zero-order valence-electron chi connectivity index (χ0n) is 20.3. The Morgan fingerprint density at radius 2 is 1.47 bits per heavy atom. The van der Waals surface area contributed by atoms with E-state index < -0.39 is 0 Å². The van der Waals surface area contributed by atoms with Crippen LogP contribution in [-0.2, 0) is 17.3 Å². The number of hydrogen-bond donors (Lipinski definition) is 0. The molecular formula is C28H34N3P. The van der Waals surface area contributed by atoms with Crippen LogP contribution in [-0.4, -0.2) is 27.8 Å². The SMILES string of the molecule is CC.CN1c2ncccc2C(C)(Cc2ccccn2)C1(C)C1=Pc2ccccc2C1(C)C. The Hall–Kier alpha value is -2.51. The van der Waals surface area contributed by atoms with E-state index in [0.717, 1.165) is 17.9 Å². The van der Waals surface area contributed by atoms with E-state index >= 15 is 0 Å². The normalized spacial score (nSPS) is 25.3. The van der Waals surface area contributed by atoms with Crippen LogP contribution in [0.1, 0.15) is 58.4 Å². The van der Waals surface area contributed by atoms with Crippen molar-refractivity contribution in [3.8, 4) is 0 Å². The van der Waals surface area contributed by atoms with Crippen LogP contribution in [0.2, 0.25) is 0 Å². The van der Waals surface area contributed by atoms with Gasteiger partial charge in [0.05, 0.1) is 5.54 Å². The number of aromatic nitrogens is 2. The lowest BCUT2D eigenvalue weighted by molar-refractivity contribution is 0.339. The van der Waals surface area contributed by atoms with Crippen LogP contribution in [0.25, 0.3) is 0 Å². The van der Waals surface area contributed by atoms with Gasteiger partial charge in [0, 0.05) is 53.3 Å². The van der Waals surface area contributed by atoms with Crippen molar-refractivity contribution in [3.05, 3.63) is 83.8 Å². The van der Waals surface area contributed by atoms with Crippen molar-refractivity contribution in [2.45, 2.75) is 64.3 Å². The smallest absolute Gasteiger partial charge is 0.132 e. The van der Waals surface area contributed by atoms with Crippen molar-refractivity contribution in [2.75, 3.05) is 11.9 Å². The van der Waals surface area contributed by atoms with Gasteiger partial charge in [0.15, 0.2) is 0 Å². The highest BCUT2D eigenvalue weighted by Gasteiger charge is 2.61. The number of likely N-dealkylation sites (N-methyl/N-ethyl adjacent to an activating group) is 1. The minimum atomic E-state index is -0.203. The lowest BCUT2D eigenvalue weighted by Crippen LogP contribution is -2.62. The maximum Gasteiger partial charge on any atom is 0.132 e. The van der Waals surface area contributed by atoms with Crippen molar-refractivity contribution in [1.29, 1.82) is 0 Å². The summed E-state index contributed by atoms with van der Waals surface area (Å²) in [5.41, 5.74) is 3.51. The van der Waals surface area contributed by atoms with Gasteiger partial charge in [-0.05, 0) is 36.0 Å². The third-order valence-electron chi connectivity index (χ3n) is 7.57. The van der Waals surface area contributed by atoms with Gasteiger partial charge in [-0.3, -0.25) is 4.98 Å². The summed E-state index contributed by atoms with van der Waals surface area (Å²) in [6.45, 7) is 13.6. The van der Waals surface area contributed by atoms with E-state index in [9.17, 15) is 0 Å². The first-order valence-corrected chi connectivity index (χ1v) is 12.5. The van der Waals surface area contributed by atoms with Crippen LogP contribution in [0.15, 0.2) is 67.0 Å². The molecule has 32 heavy (non-hydrogen) atoms. The Labute approximate surface area is 194 Å². The molecule has 0 bridgehead atoms. The van der Waals surface area contributed by atoms with Gasteiger partial charge in [-0.2, -0.15) is 0 Å². The summed E-state index contributed by atoms with van der Waals surface area (Å²) in [6.07, 6.45) is 4.69. The molecule has 3 nitrogen and oxygen atoms in total. The Kier molecular flexibility index (Phi) is 5.75. The Bertz CT molecular complexity index is 1150. The van der Waals surface area contributed by atoms with Gasteiger partial charge in [-0.15, -0.1) is 0 Å². The molecule has 1 aromatic carbocycles. The van der Waals surface area contributed by atoms with E-state index in [1.54, 1.807) is 0 Å². The standard InChI is InChI=1S/C26H28N3P.C2H6/c1-24(2)19-12-6-7-14-21(19)30-23(24)26(4)25(3,17-18-11-8-9-15-27-18)20-13-10-16-28-22(20)29(26)5;1-2/h6-16H,17H2,1-5H3;1-2H3. The van der Waals surface area contributed by atoms with E-state index in [0.29, 0.717) is 0 Å². The molecule has 0 radical (unpaired) electrons. The molecule has 2 aliphatic rings. The van der Waals surface area contributed by atoms with Crippen LogP contribution in [0.3, 0.4) is 0 Å². The molecule has 0 spiro atoms. The second-order valence-electron chi connectivity index (χ2n) is 9.44. The molecule has 2 unspecified atom stereocenters. The molecule has 0 saturated carbocycles. The summed E-state index contributed by atoms with van der Waals surface area (Å²) >= 11 is 0. The van der Waals surface area contributed by atoms with Crippen molar-refractivity contribution >= 4 is 24.6 Å². The van der Waals surface area contributed by atoms with Crippen molar-refractivity contribution in [1.82, 2.24) is 9.97 Å². The van der Waals surface area contributed by atoms with Gasteiger partial charge in [-0.25, -0.2) is 4.98 Å². The Morgan fingerprint density at radius 3 is 2.16 bits per heavy atom. The van der Waals surface area contributed by atoms with E-state index in [4.69, 9.17) is 9.97 Å². The minimum absolute atomic E-state index is 0.0193. The fourth-order valence-corrected chi connectivity index (χ4v) is 7.59. The summed E-state index contributed by atoms with van der Waals surface area (Å²) < 4.78 is 0. The van der Waals surface area contributed by atoms with Gasteiger partial charge < -0.3 is 4.90 Å². The van der Waals surface area contributed by atoms with Crippen molar-refractivity contribution < 1.29 is 0 Å². The second kappa shape index (κ2) is 8.12. The molecule has 166 valence electrons. The maximum atomic E-state index is 4.83. The average Bonchev–Trinajstić information content (AvgIpc) is 3.18. The molecule has 3 aromatic rings. The molecule has 0 amide bonds. The molecule has 0 aliphatic carbocycles. The first kappa shape index (κ1) is 22.7. The third-order valence-corrected chi connectivity index (χ3v) is 9.42. The summed E-state index contributed by atoms with van der Waals surface area (Å²) in [4.78, 5) is 12.0. The number of nitrogens with zero attached hydrogens (tertiary/aromatic N) is 3. The van der Waals surface area contributed by atoms with Crippen LogP contribution < -0.4 is 10.2 Å². The van der Waals surface area contributed by atoms with Crippen molar-refractivity contribution in [2.24, 2.45) is 0 Å². The number of hydrogen-bond acceptors (Lipinski definition) is 3. The molecule has 4 heterocycles. The molecule has 2 aliphatic heterocycles. The Morgan fingerprint density at radius 1 is 0.812 bits per heavy atom. The predicted octanol–water partition coefficient (Wildman–Crippen LogP) is 5.95. The fraction of sp³-hybridized carbons (Fsp3) is 0.393. The zero-order valence-corrected chi connectivity index (χ0v) is 21.2. The van der Waals surface area contributed by atoms with E-state index in [1.807, 2.05) is 32.3 Å². The average molecular weight is 444 g/mol. The van der Waals surface area contributed by atoms with Gasteiger partial charge in [0.1, 0.15) is 5.82 Å². The highest BCUT2D eigenvalue weighted by molar-refractivity contribution is 7.50. The molecule has 2 aromatic heterocycles. The monoisotopic (exact) mass is 443 g/mol. The highest BCUT2D eigenvalue weighted by atomic mass is 31.1. The zero-order chi connectivity index (χ0) is 23.1. The summed E-state index contributed by atoms with van der Waals surface area (Å²) in [7, 11) is 3.54. The van der Waals surface area contributed by atoms with Gasteiger partial charge in [0.25, 0.3) is 0 Å². The second-order valence-corrected chi connectivity index (χ2v) is 10.6. The van der Waals surface area contributed by atoms with E-state index in [1.165, 1.54) is 29.9 Å². The molecule has 5 rings (SSSR count). The van der Waals surface area contributed by atoms with Crippen LogP contribution in [0.4, 0.5) is 5.82 Å². The molecule has 2 atom stereocenters. The fourth-order valence-electron chi connectivity index (χ4n) is 5.70. The molecular weight excluding hydrogens is 409 g/mol. The lowest BCUT2D eigenvalue weighted by atomic mass is 9.60. The summed E-state index contributed by atoms with van der Waals surface area (Å²) in [5, 5.41) is 2.96. The lowest BCUT2D eigenvalue weighted by Gasteiger charge is -2.50. The first-order valence-electron chi connectivity index (χ1n) is 11.6. The topological polar surface area (TPSA) is 29.0 Å². The highest BCUT2D eigenvalue weighted by Crippen LogP contribution is 2.56. The largest absolute Gasteiger partial charge is 0.349 e. The maximum absolute atomic E-state index is 4.83. The van der Waals surface area contributed by atoms with Crippen LogP contribution >= 0.6 is 8.20 Å². The first-order chi connectivity index (χ1) is 15.3. The molecule has 4 heteroatoms. The number of rotatable bonds is 3. The van der Waals surface area contributed by atoms with Gasteiger partial charge in [-0.1, -0.05) is 79.2 Å². The van der Waals surface area contributed by atoms with E-state index in [2.05, 4.69) is 88.2 Å². The number of benzene rings is 1. The van der Waals surface area contributed by atoms with Gasteiger partial charge in [0.2, 0.25) is 0 Å². The minimum Gasteiger partial charge on any atom is -0.349 e. The third kappa shape index (κ3) is 3.05.